The van der Waals surface area contributed by atoms with Crippen molar-refractivity contribution in [2.75, 3.05) is 7.11 Å². The topological polar surface area (TPSA) is 137 Å². The zero-order chi connectivity index (χ0) is 17.6. The quantitative estimate of drug-likeness (QED) is 0.517. The summed E-state index contributed by atoms with van der Waals surface area (Å²) in [7, 11) is 1.27. The summed E-state index contributed by atoms with van der Waals surface area (Å²) in [6.07, 6.45) is -2.90. The highest BCUT2D eigenvalue weighted by molar-refractivity contribution is 6.05. The molecule has 1 heterocycles. The maximum atomic E-state index is 12.3. The van der Waals surface area contributed by atoms with E-state index in [9.17, 15) is 30.3 Å². The third-order valence-electron chi connectivity index (χ3n) is 3.75. The van der Waals surface area contributed by atoms with Crippen molar-refractivity contribution >= 4 is 5.78 Å². The number of aliphatic hydroxyl groups excluding tert-OH is 1. The summed E-state index contributed by atoms with van der Waals surface area (Å²) in [5, 5.41) is 48.9. The van der Waals surface area contributed by atoms with Crippen molar-refractivity contribution in [1.29, 1.82) is 0 Å². The van der Waals surface area contributed by atoms with Crippen LogP contribution in [0.2, 0.25) is 0 Å². The van der Waals surface area contributed by atoms with Crippen molar-refractivity contribution in [3.63, 3.8) is 0 Å². The molecule has 8 heteroatoms. The predicted molar refractivity (Wildman–Crippen MR) is 79.8 cm³/mol. The highest BCUT2D eigenvalue weighted by Crippen LogP contribution is 2.44. The van der Waals surface area contributed by atoms with E-state index in [0.29, 0.717) is 0 Å². The lowest BCUT2D eigenvalue weighted by Crippen LogP contribution is -2.36. The second-order valence-electron chi connectivity index (χ2n) is 5.28. The fraction of sp³-hybridized carbons (Fsp3) is 0.188. The zero-order valence-corrected chi connectivity index (χ0v) is 12.4. The molecule has 1 aliphatic rings. The van der Waals surface area contributed by atoms with E-state index in [0.717, 1.165) is 18.2 Å². The molecule has 0 saturated carbocycles. The average molecular weight is 334 g/mol. The van der Waals surface area contributed by atoms with Gasteiger partial charge in [-0.05, 0) is 12.1 Å². The van der Waals surface area contributed by atoms with Gasteiger partial charge in [0.2, 0.25) is 11.5 Å². The zero-order valence-electron chi connectivity index (χ0n) is 12.4. The SMILES string of the molecule is COc1cc([C@H]2Oc3cc(O)cc(O)c3C(=O)[C@@H]2O)cc(O)c1O. The summed E-state index contributed by atoms with van der Waals surface area (Å²) in [6, 6.07) is 4.50. The van der Waals surface area contributed by atoms with Crippen LogP contribution < -0.4 is 9.47 Å². The van der Waals surface area contributed by atoms with Crippen LogP contribution in [0.25, 0.3) is 0 Å². The molecule has 2 atom stereocenters. The van der Waals surface area contributed by atoms with Crippen LogP contribution in [0.4, 0.5) is 0 Å². The van der Waals surface area contributed by atoms with Crippen molar-refractivity contribution in [3.05, 3.63) is 35.4 Å². The van der Waals surface area contributed by atoms with E-state index in [4.69, 9.17) is 9.47 Å². The number of aliphatic hydroxyl groups is 1. The van der Waals surface area contributed by atoms with Crippen LogP contribution in [-0.4, -0.2) is 44.5 Å². The number of hydrogen-bond donors (Lipinski definition) is 5. The molecule has 126 valence electrons. The van der Waals surface area contributed by atoms with Crippen LogP contribution in [-0.2, 0) is 0 Å². The van der Waals surface area contributed by atoms with Gasteiger partial charge in [-0.25, -0.2) is 0 Å². The number of methoxy groups -OCH3 is 1. The highest BCUT2D eigenvalue weighted by Gasteiger charge is 2.39. The number of ether oxygens (including phenoxy) is 2. The van der Waals surface area contributed by atoms with E-state index in [1.165, 1.54) is 13.2 Å². The molecule has 5 N–H and O–H groups in total. The van der Waals surface area contributed by atoms with Gasteiger partial charge >= 0.3 is 0 Å². The molecule has 0 radical (unpaired) electrons. The first-order chi connectivity index (χ1) is 11.3. The molecule has 0 spiro atoms. The lowest BCUT2D eigenvalue weighted by atomic mass is 9.92. The first kappa shape index (κ1) is 15.8. The molecule has 0 aliphatic carbocycles. The Labute approximate surface area is 135 Å². The molecule has 0 saturated heterocycles. The first-order valence-electron chi connectivity index (χ1n) is 6.88. The third-order valence-corrected chi connectivity index (χ3v) is 3.75. The Morgan fingerprint density at radius 2 is 1.75 bits per heavy atom. The summed E-state index contributed by atoms with van der Waals surface area (Å²) < 4.78 is 10.4. The van der Waals surface area contributed by atoms with Crippen LogP contribution in [0.5, 0.6) is 34.5 Å². The van der Waals surface area contributed by atoms with Crippen LogP contribution in [0.3, 0.4) is 0 Å². The Morgan fingerprint density at radius 3 is 2.42 bits per heavy atom. The Bertz CT molecular complexity index is 829. The number of phenolic OH excluding ortho intramolecular Hbond substituents is 4. The smallest absolute Gasteiger partial charge is 0.202 e. The Balaban J connectivity index is 2.11. The maximum Gasteiger partial charge on any atom is 0.202 e. The summed E-state index contributed by atoms with van der Waals surface area (Å²) in [5.41, 5.74) is -0.0806. The maximum absolute atomic E-state index is 12.3. The van der Waals surface area contributed by atoms with Crippen LogP contribution in [0.15, 0.2) is 24.3 Å². The van der Waals surface area contributed by atoms with E-state index >= 15 is 0 Å². The summed E-state index contributed by atoms with van der Waals surface area (Å²) >= 11 is 0. The minimum atomic E-state index is -1.67. The number of aromatic hydroxyl groups is 4. The average Bonchev–Trinajstić information content (AvgIpc) is 2.52. The number of phenols is 4. The van der Waals surface area contributed by atoms with Crippen molar-refractivity contribution in [2.45, 2.75) is 12.2 Å². The van der Waals surface area contributed by atoms with Crippen molar-refractivity contribution < 1.29 is 39.8 Å². The second-order valence-corrected chi connectivity index (χ2v) is 5.28. The van der Waals surface area contributed by atoms with Crippen LogP contribution >= 0.6 is 0 Å². The number of Topliss-reactive ketones (excluding diaryl/α,β-unsaturated/α-hetero) is 1. The number of rotatable bonds is 2. The fourth-order valence-corrected chi connectivity index (χ4v) is 2.60. The Morgan fingerprint density at radius 1 is 1.04 bits per heavy atom. The Kier molecular flexibility index (Phi) is 3.61. The molecular weight excluding hydrogens is 320 g/mol. The lowest BCUT2D eigenvalue weighted by Gasteiger charge is -2.30. The van der Waals surface area contributed by atoms with Gasteiger partial charge in [0, 0.05) is 17.7 Å². The standard InChI is InChI=1S/C16H14O8/c1-23-11-3-6(2-9(19)13(11)20)16-15(22)14(21)12-8(18)4-7(17)5-10(12)24-16/h2-5,15-20,22H,1H3/t15-,16+/m0/s1. The van der Waals surface area contributed by atoms with Gasteiger partial charge in [0.05, 0.1) is 7.11 Å². The molecule has 0 unspecified atom stereocenters. The van der Waals surface area contributed by atoms with E-state index in [-0.39, 0.29) is 28.4 Å². The number of carbonyl (C=O) groups is 1. The van der Waals surface area contributed by atoms with E-state index in [2.05, 4.69) is 0 Å². The number of ketones is 1. The number of benzene rings is 2. The molecular formula is C16H14O8. The van der Waals surface area contributed by atoms with Gasteiger partial charge in [-0.3, -0.25) is 4.79 Å². The van der Waals surface area contributed by atoms with Crippen LogP contribution in [0.1, 0.15) is 22.0 Å². The van der Waals surface area contributed by atoms with Gasteiger partial charge in [-0.15, -0.1) is 0 Å². The number of carbonyl (C=O) groups excluding carboxylic acids is 1. The summed E-state index contributed by atoms with van der Waals surface area (Å²) in [6.45, 7) is 0. The number of fused-ring (bicyclic) bond motifs is 1. The third kappa shape index (κ3) is 2.33. The molecule has 8 nitrogen and oxygen atoms in total. The van der Waals surface area contributed by atoms with Gasteiger partial charge in [-0.1, -0.05) is 0 Å². The van der Waals surface area contributed by atoms with E-state index in [1.807, 2.05) is 0 Å². The first-order valence-corrected chi connectivity index (χ1v) is 6.88. The van der Waals surface area contributed by atoms with Crippen LogP contribution in [0, 0.1) is 0 Å². The van der Waals surface area contributed by atoms with Gasteiger partial charge < -0.3 is 35.0 Å². The van der Waals surface area contributed by atoms with Gasteiger partial charge in [0.25, 0.3) is 0 Å². The fourth-order valence-electron chi connectivity index (χ4n) is 2.60. The van der Waals surface area contributed by atoms with Gasteiger partial charge in [0.1, 0.15) is 22.8 Å². The van der Waals surface area contributed by atoms with Crippen molar-refractivity contribution in [3.8, 4) is 34.5 Å². The number of hydrogen-bond acceptors (Lipinski definition) is 8. The summed E-state index contributed by atoms with van der Waals surface area (Å²) in [4.78, 5) is 12.3. The molecule has 24 heavy (non-hydrogen) atoms. The Hall–Kier alpha value is -3.13. The van der Waals surface area contributed by atoms with E-state index < -0.39 is 35.2 Å². The molecule has 2 aromatic carbocycles. The summed E-state index contributed by atoms with van der Waals surface area (Å²) in [5.74, 6) is -2.83. The molecule has 1 aliphatic heterocycles. The molecule has 0 aromatic heterocycles. The largest absolute Gasteiger partial charge is 0.508 e. The predicted octanol–water partition coefficient (Wildman–Crippen LogP) is 1.19. The molecule has 0 bridgehead atoms. The minimum Gasteiger partial charge on any atom is -0.508 e. The lowest BCUT2D eigenvalue weighted by molar-refractivity contribution is 0.0209. The molecule has 0 amide bonds. The highest BCUT2D eigenvalue weighted by atomic mass is 16.5. The second kappa shape index (κ2) is 5.50. The monoisotopic (exact) mass is 334 g/mol. The van der Waals surface area contributed by atoms with Crippen molar-refractivity contribution in [2.24, 2.45) is 0 Å². The normalized spacial score (nSPS) is 19.5. The minimum absolute atomic E-state index is 0.0715. The van der Waals surface area contributed by atoms with Gasteiger partial charge in [0.15, 0.2) is 23.7 Å². The van der Waals surface area contributed by atoms with E-state index in [1.54, 1.807) is 0 Å². The van der Waals surface area contributed by atoms with Crippen molar-refractivity contribution in [1.82, 2.24) is 0 Å². The van der Waals surface area contributed by atoms with Gasteiger partial charge in [-0.2, -0.15) is 0 Å². The molecule has 2 aromatic rings. The molecule has 3 rings (SSSR count). The molecule has 0 fully saturated rings.